The van der Waals surface area contributed by atoms with Gasteiger partial charge in [-0.25, -0.2) is 0 Å². The molecule has 0 saturated carbocycles. The zero-order valence-electron chi connectivity index (χ0n) is 10.9. The van der Waals surface area contributed by atoms with Crippen LogP contribution in [0, 0.1) is 6.92 Å². The van der Waals surface area contributed by atoms with Crippen molar-refractivity contribution in [1.82, 2.24) is 0 Å². The number of amides is 1. The third kappa shape index (κ3) is 3.74. The Labute approximate surface area is 131 Å². The van der Waals surface area contributed by atoms with Crippen molar-refractivity contribution in [2.75, 3.05) is 17.2 Å². The van der Waals surface area contributed by atoms with Crippen molar-refractivity contribution in [1.29, 1.82) is 0 Å². The van der Waals surface area contributed by atoms with Crippen molar-refractivity contribution in [3.05, 3.63) is 57.5 Å². The summed E-state index contributed by atoms with van der Waals surface area (Å²) in [4.78, 5) is 11.9. The van der Waals surface area contributed by atoms with Gasteiger partial charge in [0.1, 0.15) is 0 Å². The Balaban J connectivity index is 1.98. The summed E-state index contributed by atoms with van der Waals surface area (Å²) in [5.41, 5.74) is 2.54. The molecule has 20 heavy (non-hydrogen) atoms. The average molecular weight is 354 g/mol. The molecule has 0 aliphatic heterocycles. The number of benzene rings is 2. The van der Waals surface area contributed by atoms with Crippen molar-refractivity contribution in [3.63, 3.8) is 0 Å². The molecule has 0 radical (unpaired) electrons. The van der Waals surface area contributed by atoms with Gasteiger partial charge in [-0.3, -0.25) is 4.79 Å². The van der Waals surface area contributed by atoms with E-state index in [1.807, 2.05) is 43.3 Å². The van der Waals surface area contributed by atoms with E-state index < -0.39 is 0 Å². The van der Waals surface area contributed by atoms with E-state index in [1.54, 1.807) is 6.07 Å². The lowest BCUT2D eigenvalue weighted by Gasteiger charge is -2.12. The highest BCUT2D eigenvalue weighted by atomic mass is 79.9. The van der Waals surface area contributed by atoms with E-state index in [-0.39, 0.29) is 12.5 Å². The Morgan fingerprint density at radius 1 is 1.20 bits per heavy atom. The Kier molecular flexibility index (Phi) is 5.04. The van der Waals surface area contributed by atoms with Crippen molar-refractivity contribution >= 4 is 44.8 Å². The first-order chi connectivity index (χ1) is 9.58. The van der Waals surface area contributed by atoms with Crippen LogP contribution in [-0.2, 0) is 4.79 Å². The summed E-state index contributed by atoms with van der Waals surface area (Å²) in [6, 6.07) is 13.1. The van der Waals surface area contributed by atoms with E-state index >= 15 is 0 Å². The molecule has 2 N–H and O–H groups in total. The Morgan fingerprint density at radius 2 is 1.95 bits per heavy atom. The van der Waals surface area contributed by atoms with Gasteiger partial charge in [0.05, 0.1) is 22.9 Å². The SMILES string of the molecule is Cc1cccc(Cl)c1NCC(=O)Nc1ccccc1Br. The molecule has 0 saturated heterocycles. The zero-order valence-corrected chi connectivity index (χ0v) is 13.3. The van der Waals surface area contributed by atoms with Gasteiger partial charge in [0.15, 0.2) is 0 Å². The number of para-hydroxylation sites is 2. The number of anilines is 2. The zero-order chi connectivity index (χ0) is 14.5. The second kappa shape index (κ2) is 6.77. The molecule has 2 aromatic carbocycles. The fourth-order valence-electron chi connectivity index (χ4n) is 1.78. The van der Waals surface area contributed by atoms with Gasteiger partial charge in [0.2, 0.25) is 5.91 Å². The topological polar surface area (TPSA) is 41.1 Å². The molecule has 2 aromatic rings. The molecule has 0 aromatic heterocycles. The summed E-state index contributed by atoms with van der Waals surface area (Å²) >= 11 is 9.48. The van der Waals surface area contributed by atoms with Crippen LogP contribution < -0.4 is 10.6 Å². The maximum atomic E-state index is 11.9. The van der Waals surface area contributed by atoms with E-state index in [2.05, 4.69) is 26.6 Å². The Morgan fingerprint density at radius 3 is 2.65 bits per heavy atom. The first-order valence-electron chi connectivity index (χ1n) is 6.11. The predicted molar refractivity (Wildman–Crippen MR) is 87.5 cm³/mol. The number of rotatable bonds is 4. The van der Waals surface area contributed by atoms with Crippen LogP contribution in [0.1, 0.15) is 5.56 Å². The highest BCUT2D eigenvalue weighted by Gasteiger charge is 2.07. The molecule has 0 aliphatic carbocycles. The first-order valence-corrected chi connectivity index (χ1v) is 7.28. The summed E-state index contributed by atoms with van der Waals surface area (Å²) in [5.74, 6) is -0.129. The highest BCUT2D eigenvalue weighted by Crippen LogP contribution is 2.25. The van der Waals surface area contributed by atoms with Crippen LogP contribution in [0.15, 0.2) is 46.9 Å². The second-order valence-electron chi connectivity index (χ2n) is 4.31. The van der Waals surface area contributed by atoms with E-state index in [9.17, 15) is 4.79 Å². The number of hydrogen-bond acceptors (Lipinski definition) is 2. The molecule has 1 amide bonds. The van der Waals surface area contributed by atoms with E-state index in [0.29, 0.717) is 5.02 Å². The number of halogens is 2. The molecule has 0 atom stereocenters. The minimum absolute atomic E-state index is 0.129. The largest absolute Gasteiger partial charge is 0.375 e. The van der Waals surface area contributed by atoms with Crippen molar-refractivity contribution in [2.45, 2.75) is 6.92 Å². The monoisotopic (exact) mass is 352 g/mol. The van der Waals surface area contributed by atoms with E-state index in [4.69, 9.17) is 11.6 Å². The molecule has 0 unspecified atom stereocenters. The van der Waals surface area contributed by atoms with Gasteiger partial charge in [-0.1, -0.05) is 35.9 Å². The highest BCUT2D eigenvalue weighted by molar-refractivity contribution is 9.10. The van der Waals surface area contributed by atoms with Crippen LogP contribution in [0.4, 0.5) is 11.4 Å². The van der Waals surface area contributed by atoms with Crippen LogP contribution in [0.3, 0.4) is 0 Å². The van der Waals surface area contributed by atoms with Gasteiger partial charge >= 0.3 is 0 Å². The minimum atomic E-state index is -0.129. The normalized spacial score (nSPS) is 10.2. The van der Waals surface area contributed by atoms with Gasteiger partial charge < -0.3 is 10.6 Å². The fourth-order valence-corrected chi connectivity index (χ4v) is 2.45. The third-order valence-electron chi connectivity index (χ3n) is 2.80. The van der Waals surface area contributed by atoms with Crippen LogP contribution in [-0.4, -0.2) is 12.5 Å². The standard InChI is InChI=1S/C15H14BrClN2O/c1-10-5-4-7-12(17)15(10)18-9-14(20)19-13-8-3-2-6-11(13)16/h2-8,18H,9H2,1H3,(H,19,20). The lowest BCUT2D eigenvalue weighted by atomic mass is 10.2. The van der Waals surface area contributed by atoms with Crippen molar-refractivity contribution in [2.24, 2.45) is 0 Å². The number of carbonyl (C=O) groups excluding carboxylic acids is 1. The molecule has 0 bridgehead atoms. The molecule has 0 heterocycles. The maximum absolute atomic E-state index is 11.9. The number of aryl methyl sites for hydroxylation is 1. The number of nitrogens with one attached hydrogen (secondary N) is 2. The smallest absolute Gasteiger partial charge is 0.243 e. The second-order valence-corrected chi connectivity index (χ2v) is 5.57. The van der Waals surface area contributed by atoms with Crippen LogP contribution in [0.2, 0.25) is 5.02 Å². The summed E-state index contributed by atoms with van der Waals surface area (Å²) in [6.45, 7) is 2.10. The molecule has 104 valence electrons. The number of hydrogen-bond donors (Lipinski definition) is 2. The first kappa shape index (κ1) is 14.9. The minimum Gasteiger partial charge on any atom is -0.375 e. The Hall–Kier alpha value is -1.52. The van der Waals surface area contributed by atoms with Gasteiger partial charge in [0.25, 0.3) is 0 Å². The average Bonchev–Trinajstić information content (AvgIpc) is 2.41. The van der Waals surface area contributed by atoms with Crippen LogP contribution >= 0.6 is 27.5 Å². The molecule has 0 aliphatic rings. The third-order valence-corrected chi connectivity index (χ3v) is 3.80. The molecular formula is C15H14BrClN2O. The molecule has 0 spiro atoms. The van der Waals surface area contributed by atoms with Gasteiger partial charge in [-0.05, 0) is 46.6 Å². The summed E-state index contributed by atoms with van der Waals surface area (Å²) in [6.07, 6.45) is 0. The number of carbonyl (C=O) groups is 1. The predicted octanol–water partition coefficient (Wildman–Crippen LogP) is 4.46. The molecular weight excluding hydrogens is 340 g/mol. The lowest BCUT2D eigenvalue weighted by molar-refractivity contribution is -0.114. The molecule has 2 rings (SSSR count). The van der Waals surface area contributed by atoms with Crippen LogP contribution in [0.25, 0.3) is 0 Å². The summed E-state index contributed by atoms with van der Waals surface area (Å²) in [5, 5.41) is 6.50. The molecule has 0 fully saturated rings. The van der Waals surface area contributed by atoms with E-state index in [1.165, 1.54) is 0 Å². The lowest BCUT2D eigenvalue weighted by Crippen LogP contribution is -2.22. The molecule has 3 nitrogen and oxygen atoms in total. The summed E-state index contributed by atoms with van der Waals surface area (Å²) < 4.78 is 0.849. The Bertz CT molecular complexity index is 611. The van der Waals surface area contributed by atoms with Crippen LogP contribution in [0.5, 0.6) is 0 Å². The van der Waals surface area contributed by atoms with E-state index in [0.717, 1.165) is 21.4 Å². The van der Waals surface area contributed by atoms with Gasteiger partial charge in [0, 0.05) is 4.47 Å². The fraction of sp³-hybridized carbons (Fsp3) is 0.133. The van der Waals surface area contributed by atoms with Gasteiger partial charge in [-0.15, -0.1) is 0 Å². The quantitative estimate of drug-likeness (QED) is 0.852. The van der Waals surface area contributed by atoms with Crippen molar-refractivity contribution in [3.8, 4) is 0 Å². The summed E-state index contributed by atoms with van der Waals surface area (Å²) in [7, 11) is 0. The maximum Gasteiger partial charge on any atom is 0.243 e. The van der Waals surface area contributed by atoms with Crippen molar-refractivity contribution < 1.29 is 4.79 Å². The molecule has 5 heteroatoms. The van der Waals surface area contributed by atoms with Gasteiger partial charge in [-0.2, -0.15) is 0 Å².